The fourth-order valence-electron chi connectivity index (χ4n) is 5.74. The number of halogens is 6. The molecule has 1 atom stereocenters. The summed E-state index contributed by atoms with van der Waals surface area (Å²) in [6, 6.07) is 6.83. The first-order valence-corrected chi connectivity index (χ1v) is 19.9. The number of rotatable bonds is 17. The number of fused-ring (bicyclic) bond motifs is 1. The second-order valence-corrected chi connectivity index (χ2v) is 21.5. The predicted molar refractivity (Wildman–Crippen MR) is 154 cm³/mol. The number of benzene rings is 2. The Bertz CT molecular complexity index is 1080. The van der Waals surface area contributed by atoms with Crippen LogP contribution >= 0.6 is 0 Å². The summed E-state index contributed by atoms with van der Waals surface area (Å²) in [6.45, 7) is 12.7. The summed E-state index contributed by atoms with van der Waals surface area (Å²) in [4.78, 5) is 0. The molecule has 0 saturated carbocycles. The molecule has 221 valence electrons. The molecule has 0 saturated heterocycles. The Morgan fingerprint density at radius 2 is 1.18 bits per heavy atom. The maximum Gasteiger partial charge on any atom is 0.253 e. The van der Waals surface area contributed by atoms with Gasteiger partial charge in [-0.2, -0.15) is 4.39 Å². The maximum absolute atomic E-state index is 15.3. The van der Waals surface area contributed by atoms with Crippen molar-refractivity contribution >= 4 is 27.2 Å². The molecule has 0 aliphatic heterocycles. The highest BCUT2D eigenvalue weighted by atomic mass is 28.4. The number of unbranched alkanes of at least 4 members (excludes halogenated alkanes) is 6. The highest BCUT2D eigenvalue weighted by molar-refractivity contribution is 6.83. The van der Waals surface area contributed by atoms with Crippen LogP contribution in [-0.4, -0.2) is 16.4 Å². The van der Waals surface area contributed by atoms with E-state index >= 15 is 8.78 Å². The van der Waals surface area contributed by atoms with Gasteiger partial charge in [0, 0.05) is 0 Å². The Balaban J connectivity index is 2.61. The predicted octanol–water partition coefficient (Wildman–Crippen LogP) is 11.5. The molecule has 0 N–H and O–H groups in total. The van der Waals surface area contributed by atoms with E-state index in [0.29, 0.717) is 12.1 Å². The fraction of sp³-hybridized carbons (Fsp3) is 0.667. The van der Waals surface area contributed by atoms with Gasteiger partial charge in [0.1, 0.15) is 5.82 Å². The number of hydrogen-bond donors (Lipinski definition) is 0. The standard InChI is InChI=1S/C30H45F6OSi2/c1-7-11-12-13-14-15-16-17-39(21(5)6,19-18-38(8-2,9-3)10-4)37-30-25-24(27(34)28(35)29(30)36)22(31)20-23(32)26(25)33/h21H,7-19H2,1-6H3. The molecule has 9 heteroatoms. The van der Waals surface area contributed by atoms with Crippen molar-refractivity contribution in [1.29, 1.82) is 0 Å². The Hall–Kier alpha value is -1.49. The zero-order valence-corrected chi connectivity index (χ0v) is 26.4. The Morgan fingerprint density at radius 1 is 0.615 bits per heavy atom. The summed E-state index contributed by atoms with van der Waals surface area (Å²) in [6.07, 6.45) is 7.41. The first-order valence-electron chi connectivity index (χ1n) is 14.7. The second-order valence-electron chi connectivity index (χ2n) is 11.3. The van der Waals surface area contributed by atoms with Gasteiger partial charge in [0.15, 0.2) is 29.0 Å². The van der Waals surface area contributed by atoms with Crippen molar-refractivity contribution in [2.75, 3.05) is 0 Å². The third-order valence-corrected chi connectivity index (χ3v) is 20.3. The van der Waals surface area contributed by atoms with Crippen LogP contribution in [0.15, 0.2) is 0 Å². The van der Waals surface area contributed by atoms with E-state index in [1.54, 1.807) is 0 Å². The lowest BCUT2D eigenvalue weighted by atomic mass is 10.1. The summed E-state index contributed by atoms with van der Waals surface area (Å²) in [7, 11) is -4.66. The van der Waals surface area contributed by atoms with Gasteiger partial charge >= 0.3 is 0 Å². The van der Waals surface area contributed by atoms with Crippen molar-refractivity contribution in [2.24, 2.45) is 0 Å². The molecule has 1 radical (unpaired) electrons. The minimum absolute atomic E-state index is 0.0783. The van der Waals surface area contributed by atoms with Gasteiger partial charge in [-0.05, 0) is 17.6 Å². The van der Waals surface area contributed by atoms with Crippen molar-refractivity contribution in [3.05, 3.63) is 41.0 Å². The first kappa shape index (κ1) is 33.7. The summed E-state index contributed by atoms with van der Waals surface area (Å²) >= 11 is 0. The highest BCUT2D eigenvalue weighted by Crippen LogP contribution is 2.44. The molecule has 2 aromatic carbocycles. The van der Waals surface area contributed by atoms with E-state index in [2.05, 4.69) is 27.7 Å². The van der Waals surface area contributed by atoms with Crippen LogP contribution in [0.2, 0.25) is 41.8 Å². The van der Waals surface area contributed by atoms with Gasteiger partial charge in [0.25, 0.3) is 8.32 Å². The average Bonchev–Trinajstić information content (AvgIpc) is 2.91. The molecule has 0 amide bonds. The third-order valence-electron chi connectivity index (χ3n) is 9.02. The van der Waals surface area contributed by atoms with Crippen LogP contribution in [0.5, 0.6) is 5.75 Å². The lowest BCUT2D eigenvalue weighted by Gasteiger charge is -2.39. The molecule has 0 fully saturated rings. The van der Waals surface area contributed by atoms with Crippen molar-refractivity contribution in [1.82, 2.24) is 0 Å². The molecule has 2 aromatic rings. The summed E-state index contributed by atoms with van der Waals surface area (Å²) in [5.41, 5.74) is -0.0783. The molecule has 39 heavy (non-hydrogen) atoms. The lowest BCUT2D eigenvalue weighted by molar-refractivity contribution is 0.408. The van der Waals surface area contributed by atoms with Crippen LogP contribution in [0.3, 0.4) is 0 Å². The lowest BCUT2D eigenvalue weighted by Crippen LogP contribution is -2.47. The van der Waals surface area contributed by atoms with Crippen molar-refractivity contribution in [3.8, 4) is 5.75 Å². The Labute approximate surface area is 232 Å². The first-order chi connectivity index (χ1) is 18.4. The molecule has 1 unspecified atom stereocenters. The fourth-order valence-corrected chi connectivity index (χ4v) is 15.4. The minimum Gasteiger partial charge on any atom is -0.541 e. The topological polar surface area (TPSA) is 9.23 Å². The van der Waals surface area contributed by atoms with Crippen molar-refractivity contribution < 1.29 is 30.8 Å². The van der Waals surface area contributed by atoms with E-state index in [4.69, 9.17) is 4.43 Å². The van der Waals surface area contributed by atoms with Gasteiger partial charge < -0.3 is 4.43 Å². The molecular weight excluding hydrogens is 546 g/mol. The van der Waals surface area contributed by atoms with Gasteiger partial charge in [-0.1, -0.05) is 111 Å². The van der Waals surface area contributed by atoms with E-state index in [1.807, 2.05) is 13.8 Å². The normalized spacial score (nSPS) is 13.9. The van der Waals surface area contributed by atoms with E-state index in [1.165, 1.54) is 12.5 Å². The third kappa shape index (κ3) is 7.63. The van der Waals surface area contributed by atoms with Crippen molar-refractivity contribution in [2.45, 2.75) is 128 Å². The maximum atomic E-state index is 15.3. The minimum atomic E-state index is -3.01. The number of hydrogen-bond acceptors (Lipinski definition) is 1. The summed E-state index contributed by atoms with van der Waals surface area (Å²) in [5, 5.41) is -2.20. The van der Waals surface area contributed by atoms with E-state index in [9.17, 15) is 17.6 Å². The van der Waals surface area contributed by atoms with Crippen LogP contribution in [0.25, 0.3) is 10.8 Å². The molecule has 0 heterocycles. The van der Waals surface area contributed by atoms with Crippen LogP contribution in [0.1, 0.15) is 86.5 Å². The quantitative estimate of drug-likeness (QED) is 0.0584. The van der Waals surface area contributed by atoms with Gasteiger partial charge in [0.05, 0.1) is 24.9 Å². The molecule has 2 rings (SSSR count). The van der Waals surface area contributed by atoms with Crippen LogP contribution < -0.4 is 4.43 Å². The average molecular weight is 592 g/mol. The zero-order chi connectivity index (χ0) is 29.4. The molecule has 0 bridgehead atoms. The smallest absolute Gasteiger partial charge is 0.253 e. The Kier molecular flexibility index (Phi) is 12.9. The van der Waals surface area contributed by atoms with Crippen LogP contribution in [-0.2, 0) is 0 Å². The molecule has 0 spiro atoms. The summed E-state index contributed by atoms with van der Waals surface area (Å²) < 4.78 is 94.8. The van der Waals surface area contributed by atoms with Gasteiger partial charge in [-0.3, -0.25) is 0 Å². The van der Waals surface area contributed by atoms with Gasteiger partial charge in [0.2, 0.25) is 5.82 Å². The van der Waals surface area contributed by atoms with Crippen LogP contribution in [0.4, 0.5) is 26.3 Å². The van der Waals surface area contributed by atoms with Crippen LogP contribution in [0, 0.1) is 41.0 Å². The van der Waals surface area contributed by atoms with Gasteiger partial charge in [-0.15, -0.1) is 0 Å². The SMILES string of the molecule is CCCCCCCCC[Si](CC[Si](CC)(CC)CC)(Oc1c(F)c(F)c(F)c2c(F)[c]c(F)c(F)c12)C(C)C. The van der Waals surface area contributed by atoms with Gasteiger partial charge in [-0.25, -0.2) is 22.0 Å². The second kappa shape index (κ2) is 14.9. The van der Waals surface area contributed by atoms with E-state index in [-0.39, 0.29) is 5.54 Å². The largest absolute Gasteiger partial charge is 0.541 e. The molecule has 0 aliphatic rings. The zero-order valence-electron chi connectivity index (χ0n) is 24.4. The van der Waals surface area contributed by atoms with E-state index < -0.39 is 67.8 Å². The monoisotopic (exact) mass is 591 g/mol. The summed E-state index contributed by atoms with van der Waals surface area (Å²) in [5.74, 6) is -11.6. The molecule has 0 aromatic heterocycles. The Morgan fingerprint density at radius 3 is 1.72 bits per heavy atom. The van der Waals surface area contributed by atoms with E-state index in [0.717, 1.165) is 62.7 Å². The molecular formula is C30H45F6OSi2. The molecule has 0 aliphatic carbocycles. The van der Waals surface area contributed by atoms with Crippen molar-refractivity contribution in [3.63, 3.8) is 0 Å². The highest BCUT2D eigenvalue weighted by Gasteiger charge is 2.44. The molecule has 1 nitrogen and oxygen atoms in total.